The Balaban J connectivity index is 1.89. The highest BCUT2D eigenvalue weighted by Gasteiger charge is 2.06. The van der Waals surface area contributed by atoms with Crippen molar-refractivity contribution >= 4 is 11.6 Å². The molecule has 0 radical (unpaired) electrons. The predicted octanol–water partition coefficient (Wildman–Crippen LogP) is 4.82. The van der Waals surface area contributed by atoms with E-state index in [4.69, 9.17) is 4.74 Å². The van der Waals surface area contributed by atoms with Crippen molar-refractivity contribution < 1.29 is 9.53 Å². The Bertz CT molecular complexity index is 588. The minimum Gasteiger partial charge on any atom is -0.494 e. The quantitative estimate of drug-likeness (QED) is 0.744. The monoisotopic (exact) mass is 297 g/mol. The molecule has 0 saturated heterocycles. The van der Waals surface area contributed by atoms with E-state index in [0.29, 0.717) is 5.56 Å². The fraction of sp³-hybridized carbons (Fsp3) is 0.316. The first-order valence-corrected chi connectivity index (χ1v) is 7.80. The lowest BCUT2D eigenvalue weighted by molar-refractivity contribution is 0.102. The van der Waals surface area contributed by atoms with Crippen LogP contribution >= 0.6 is 0 Å². The number of nitrogens with one attached hydrogen (secondary N) is 1. The van der Waals surface area contributed by atoms with E-state index in [1.165, 1.54) is 18.4 Å². The van der Waals surface area contributed by atoms with E-state index < -0.39 is 0 Å². The van der Waals surface area contributed by atoms with Crippen LogP contribution in [0.25, 0.3) is 0 Å². The summed E-state index contributed by atoms with van der Waals surface area (Å²) in [7, 11) is 0. The molecule has 1 amide bonds. The molecule has 0 aliphatic rings. The number of aryl methyl sites for hydroxylation is 1. The molecule has 2 aromatic carbocycles. The molecule has 0 bridgehead atoms. The largest absolute Gasteiger partial charge is 0.494 e. The van der Waals surface area contributed by atoms with E-state index in [-0.39, 0.29) is 5.91 Å². The molecule has 22 heavy (non-hydrogen) atoms. The third-order valence-corrected chi connectivity index (χ3v) is 3.44. The summed E-state index contributed by atoms with van der Waals surface area (Å²) in [6.45, 7) is 4.91. The van der Waals surface area contributed by atoms with Gasteiger partial charge in [0.15, 0.2) is 0 Å². The Kier molecular flexibility index (Phi) is 6.01. The normalized spacial score (nSPS) is 10.3. The van der Waals surface area contributed by atoms with Gasteiger partial charge in [-0.05, 0) is 49.7 Å². The minimum atomic E-state index is -0.110. The van der Waals surface area contributed by atoms with E-state index in [0.717, 1.165) is 24.5 Å². The number of carbonyl (C=O) groups is 1. The molecule has 0 unspecified atom stereocenters. The summed E-state index contributed by atoms with van der Waals surface area (Å²) < 4.78 is 5.64. The van der Waals surface area contributed by atoms with Gasteiger partial charge in [0.2, 0.25) is 0 Å². The van der Waals surface area contributed by atoms with Crippen LogP contribution in [0.4, 0.5) is 5.69 Å². The van der Waals surface area contributed by atoms with E-state index in [2.05, 4.69) is 12.2 Å². The van der Waals surface area contributed by atoms with Gasteiger partial charge in [0.25, 0.3) is 5.91 Å². The number of rotatable bonds is 7. The van der Waals surface area contributed by atoms with Gasteiger partial charge < -0.3 is 10.1 Å². The summed E-state index contributed by atoms with van der Waals surface area (Å²) in [5.41, 5.74) is 2.60. The second kappa shape index (κ2) is 8.23. The average Bonchev–Trinajstić information content (AvgIpc) is 2.54. The summed E-state index contributed by atoms with van der Waals surface area (Å²) in [5, 5.41) is 2.89. The first kappa shape index (κ1) is 16.1. The predicted molar refractivity (Wildman–Crippen MR) is 90.6 cm³/mol. The molecule has 0 aliphatic carbocycles. The van der Waals surface area contributed by atoms with Crippen molar-refractivity contribution in [3.8, 4) is 5.75 Å². The number of carbonyl (C=O) groups excluding carboxylic acids is 1. The molecule has 0 heterocycles. The third kappa shape index (κ3) is 4.92. The molecular formula is C19H23NO2. The van der Waals surface area contributed by atoms with Crippen LogP contribution in [-0.2, 0) is 0 Å². The average molecular weight is 297 g/mol. The second-order valence-corrected chi connectivity index (χ2v) is 5.40. The number of unbranched alkanes of at least 4 members (excludes halogenated alkanes) is 2. The Labute approximate surface area is 132 Å². The lowest BCUT2D eigenvalue weighted by atomic mass is 10.2. The molecule has 2 aromatic rings. The second-order valence-electron chi connectivity index (χ2n) is 5.40. The van der Waals surface area contributed by atoms with Gasteiger partial charge in [-0.3, -0.25) is 4.79 Å². The molecule has 3 nitrogen and oxygen atoms in total. The lowest BCUT2D eigenvalue weighted by Crippen LogP contribution is -2.11. The van der Waals surface area contributed by atoms with Crippen LogP contribution in [0.15, 0.2) is 48.5 Å². The Morgan fingerprint density at radius 3 is 2.32 bits per heavy atom. The van der Waals surface area contributed by atoms with Gasteiger partial charge in [0.1, 0.15) is 5.75 Å². The van der Waals surface area contributed by atoms with Crippen molar-refractivity contribution in [3.63, 3.8) is 0 Å². The van der Waals surface area contributed by atoms with Gasteiger partial charge in [-0.1, -0.05) is 37.5 Å². The maximum Gasteiger partial charge on any atom is 0.255 e. The van der Waals surface area contributed by atoms with Gasteiger partial charge in [0.05, 0.1) is 6.61 Å². The van der Waals surface area contributed by atoms with Crippen LogP contribution < -0.4 is 10.1 Å². The van der Waals surface area contributed by atoms with E-state index in [9.17, 15) is 4.79 Å². The zero-order valence-electron chi connectivity index (χ0n) is 13.3. The molecule has 0 saturated carbocycles. The van der Waals surface area contributed by atoms with Crippen molar-refractivity contribution in [1.82, 2.24) is 0 Å². The summed E-state index contributed by atoms with van der Waals surface area (Å²) in [5.74, 6) is 0.698. The Morgan fingerprint density at radius 1 is 1.00 bits per heavy atom. The fourth-order valence-corrected chi connectivity index (χ4v) is 2.08. The van der Waals surface area contributed by atoms with Crippen LogP contribution in [0.1, 0.15) is 42.1 Å². The molecule has 0 aromatic heterocycles. The molecule has 3 heteroatoms. The maximum atomic E-state index is 12.2. The molecule has 0 fully saturated rings. The van der Waals surface area contributed by atoms with E-state index in [1.807, 2.05) is 43.3 Å². The van der Waals surface area contributed by atoms with Crippen molar-refractivity contribution in [2.75, 3.05) is 11.9 Å². The van der Waals surface area contributed by atoms with Gasteiger partial charge in [-0.15, -0.1) is 0 Å². The SMILES string of the molecule is CCCCCOc1ccc(C(=O)Nc2ccc(C)cc2)cc1. The molecule has 0 atom stereocenters. The highest BCUT2D eigenvalue weighted by molar-refractivity contribution is 6.04. The van der Waals surface area contributed by atoms with Crippen LogP contribution in [0, 0.1) is 6.92 Å². The highest BCUT2D eigenvalue weighted by Crippen LogP contribution is 2.15. The van der Waals surface area contributed by atoms with Gasteiger partial charge in [-0.25, -0.2) is 0 Å². The smallest absolute Gasteiger partial charge is 0.255 e. The van der Waals surface area contributed by atoms with Crippen molar-refractivity contribution in [2.45, 2.75) is 33.1 Å². The Morgan fingerprint density at radius 2 is 1.68 bits per heavy atom. The minimum absolute atomic E-state index is 0.110. The van der Waals surface area contributed by atoms with Gasteiger partial charge in [-0.2, -0.15) is 0 Å². The van der Waals surface area contributed by atoms with Gasteiger partial charge in [0, 0.05) is 11.3 Å². The van der Waals surface area contributed by atoms with Crippen LogP contribution in [-0.4, -0.2) is 12.5 Å². The number of benzene rings is 2. The fourth-order valence-electron chi connectivity index (χ4n) is 2.08. The summed E-state index contributed by atoms with van der Waals surface area (Å²) in [6.07, 6.45) is 3.42. The molecular weight excluding hydrogens is 274 g/mol. The van der Waals surface area contributed by atoms with Gasteiger partial charge >= 0.3 is 0 Å². The van der Waals surface area contributed by atoms with Crippen molar-refractivity contribution in [3.05, 3.63) is 59.7 Å². The standard InChI is InChI=1S/C19H23NO2/c1-3-4-5-14-22-18-12-8-16(9-13-18)19(21)20-17-10-6-15(2)7-11-17/h6-13H,3-5,14H2,1-2H3,(H,20,21). The van der Waals surface area contributed by atoms with Crippen molar-refractivity contribution in [1.29, 1.82) is 0 Å². The number of anilines is 1. The number of hydrogen-bond acceptors (Lipinski definition) is 2. The van der Waals surface area contributed by atoms with E-state index in [1.54, 1.807) is 12.1 Å². The van der Waals surface area contributed by atoms with E-state index >= 15 is 0 Å². The van der Waals surface area contributed by atoms with Crippen LogP contribution in [0.5, 0.6) is 5.75 Å². The highest BCUT2D eigenvalue weighted by atomic mass is 16.5. The topological polar surface area (TPSA) is 38.3 Å². The van der Waals surface area contributed by atoms with Crippen LogP contribution in [0.2, 0.25) is 0 Å². The summed E-state index contributed by atoms with van der Waals surface area (Å²) >= 11 is 0. The lowest BCUT2D eigenvalue weighted by Gasteiger charge is -2.08. The molecule has 2 rings (SSSR count). The third-order valence-electron chi connectivity index (χ3n) is 3.44. The summed E-state index contributed by atoms with van der Waals surface area (Å²) in [6, 6.07) is 15.0. The first-order chi connectivity index (χ1) is 10.7. The number of ether oxygens (including phenoxy) is 1. The Hall–Kier alpha value is -2.29. The molecule has 1 N–H and O–H groups in total. The molecule has 116 valence electrons. The number of amides is 1. The zero-order valence-corrected chi connectivity index (χ0v) is 13.3. The zero-order chi connectivity index (χ0) is 15.8. The molecule has 0 aliphatic heterocycles. The maximum absolute atomic E-state index is 12.2. The molecule has 0 spiro atoms. The summed E-state index contributed by atoms with van der Waals surface area (Å²) in [4.78, 5) is 12.2. The van der Waals surface area contributed by atoms with Crippen LogP contribution in [0.3, 0.4) is 0 Å². The van der Waals surface area contributed by atoms with Crippen molar-refractivity contribution in [2.24, 2.45) is 0 Å². The first-order valence-electron chi connectivity index (χ1n) is 7.80. The number of hydrogen-bond donors (Lipinski definition) is 1.